The van der Waals surface area contributed by atoms with Gasteiger partial charge in [-0.1, -0.05) is 0 Å². The van der Waals surface area contributed by atoms with Crippen LogP contribution >= 0.6 is 7.82 Å². The highest BCUT2D eigenvalue weighted by molar-refractivity contribution is 7.46. The number of phosphoric acid groups is 1. The molecule has 1 saturated heterocycles. The van der Waals surface area contributed by atoms with Crippen LogP contribution < -0.4 is 0 Å². The zero-order chi connectivity index (χ0) is 20.7. The predicted molar refractivity (Wildman–Crippen MR) is 79.6 cm³/mol. The van der Waals surface area contributed by atoms with Crippen LogP contribution in [0.5, 0.6) is 0 Å². The minimum Gasteiger partial charge on any atom is -0.394 e. The van der Waals surface area contributed by atoms with Gasteiger partial charge in [-0.25, -0.2) is 4.57 Å². The molecule has 2 rings (SSSR count). The van der Waals surface area contributed by atoms with E-state index in [2.05, 4.69) is 4.52 Å². The highest BCUT2D eigenvalue weighted by atomic mass is 31.2. The minimum atomic E-state index is -5.27. The molecule has 160 valence electrons. The molecule has 0 aromatic heterocycles. The third-order valence-electron chi connectivity index (χ3n) is 4.45. The van der Waals surface area contributed by atoms with Gasteiger partial charge in [0.1, 0.15) is 61.0 Å². The molecule has 11 atom stereocenters. The summed E-state index contributed by atoms with van der Waals surface area (Å²) < 4.78 is 25.7. The highest BCUT2D eigenvalue weighted by Crippen LogP contribution is 2.42. The van der Waals surface area contributed by atoms with E-state index in [4.69, 9.17) is 24.4 Å². The topological polar surface area (TPSA) is 247 Å². The Morgan fingerprint density at radius 1 is 0.741 bits per heavy atom. The van der Waals surface area contributed by atoms with E-state index in [0.717, 1.165) is 0 Å². The van der Waals surface area contributed by atoms with Crippen LogP contribution in [0, 0.1) is 0 Å². The van der Waals surface area contributed by atoms with Crippen molar-refractivity contribution in [2.45, 2.75) is 67.3 Å². The minimum absolute atomic E-state index is 0.801. The molecule has 0 radical (unpaired) electrons. The number of aliphatic hydroxyl groups is 8. The first kappa shape index (κ1) is 23.0. The summed E-state index contributed by atoms with van der Waals surface area (Å²) in [5.74, 6) is 0. The molecule has 2 fully saturated rings. The fourth-order valence-corrected chi connectivity index (χ4v) is 3.52. The summed E-state index contributed by atoms with van der Waals surface area (Å²) in [4.78, 5) is 17.9. The van der Waals surface area contributed by atoms with Crippen LogP contribution in [0.2, 0.25) is 0 Å². The molecule has 2 aliphatic rings. The van der Waals surface area contributed by atoms with Gasteiger partial charge in [0.05, 0.1) is 6.61 Å². The van der Waals surface area contributed by atoms with Crippen LogP contribution in [-0.2, 0) is 18.6 Å². The van der Waals surface area contributed by atoms with Crippen molar-refractivity contribution in [1.82, 2.24) is 0 Å². The highest BCUT2D eigenvalue weighted by Gasteiger charge is 2.54. The fraction of sp³-hybridized carbons (Fsp3) is 1.00. The molecule has 0 aromatic carbocycles. The maximum absolute atomic E-state index is 11.1. The Morgan fingerprint density at radius 2 is 1.22 bits per heavy atom. The average molecular weight is 422 g/mol. The Balaban J connectivity index is 2.27. The Kier molecular flexibility index (Phi) is 7.33. The van der Waals surface area contributed by atoms with Crippen LogP contribution in [0.1, 0.15) is 0 Å². The second kappa shape index (κ2) is 8.61. The van der Waals surface area contributed by atoms with Crippen molar-refractivity contribution < 1.29 is 69.2 Å². The summed E-state index contributed by atoms with van der Waals surface area (Å²) in [6.45, 7) is -0.801. The van der Waals surface area contributed by atoms with E-state index in [1.54, 1.807) is 0 Å². The van der Waals surface area contributed by atoms with Gasteiger partial charge in [-0.15, -0.1) is 0 Å². The van der Waals surface area contributed by atoms with Gasteiger partial charge in [-0.2, -0.15) is 0 Å². The molecule has 0 aromatic rings. The van der Waals surface area contributed by atoms with Crippen LogP contribution in [-0.4, -0.2) is 125 Å². The van der Waals surface area contributed by atoms with Crippen molar-refractivity contribution in [2.24, 2.45) is 0 Å². The van der Waals surface area contributed by atoms with Gasteiger partial charge >= 0.3 is 7.82 Å². The monoisotopic (exact) mass is 422 g/mol. The lowest BCUT2D eigenvalue weighted by atomic mass is 9.84. The van der Waals surface area contributed by atoms with Crippen LogP contribution in [0.4, 0.5) is 0 Å². The van der Waals surface area contributed by atoms with Gasteiger partial charge in [0, 0.05) is 0 Å². The molecule has 1 unspecified atom stereocenters. The molecule has 1 aliphatic heterocycles. The van der Waals surface area contributed by atoms with E-state index in [-0.39, 0.29) is 0 Å². The van der Waals surface area contributed by atoms with Crippen molar-refractivity contribution in [3.8, 4) is 0 Å². The predicted octanol–water partition coefficient (Wildman–Crippen LogP) is -5.89. The van der Waals surface area contributed by atoms with E-state index < -0.39 is 81.8 Å². The summed E-state index contributed by atoms with van der Waals surface area (Å²) in [5, 5.41) is 78.0. The molecule has 1 heterocycles. The largest absolute Gasteiger partial charge is 0.470 e. The maximum atomic E-state index is 11.1. The smallest absolute Gasteiger partial charge is 0.394 e. The second-order valence-electron chi connectivity index (χ2n) is 6.32. The Labute approximate surface area is 152 Å². The van der Waals surface area contributed by atoms with Crippen molar-refractivity contribution in [1.29, 1.82) is 0 Å². The van der Waals surface area contributed by atoms with Gasteiger partial charge in [-0.05, 0) is 0 Å². The summed E-state index contributed by atoms with van der Waals surface area (Å²) in [6, 6.07) is 0. The second-order valence-corrected chi connectivity index (χ2v) is 7.51. The molecule has 0 amide bonds. The SMILES string of the molecule is O=P(O)(O)O[C@@H]1[C@H](O)[C@H](O)[C@@H](O)[C@H](O)[C@H]1OC1O[C@H](CO)[C@@H](O)[C@H](O)[C@@H]1O. The first-order valence-corrected chi connectivity index (χ1v) is 9.34. The number of phosphoric ester groups is 1. The average Bonchev–Trinajstić information content (AvgIpc) is 2.60. The number of hydrogen-bond donors (Lipinski definition) is 10. The van der Waals surface area contributed by atoms with Crippen LogP contribution in [0.15, 0.2) is 0 Å². The van der Waals surface area contributed by atoms with Crippen LogP contribution in [0.25, 0.3) is 0 Å². The number of rotatable bonds is 5. The van der Waals surface area contributed by atoms with Crippen molar-refractivity contribution in [2.75, 3.05) is 6.61 Å². The van der Waals surface area contributed by atoms with E-state index >= 15 is 0 Å². The molecule has 15 heteroatoms. The third kappa shape index (κ3) is 4.83. The summed E-state index contributed by atoms with van der Waals surface area (Å²) in [7, 11) is -5.27. The Morgan fingerprint density at radius 3 is 1.70 bits per heavy atom. The fourth-order valence-electron chi connectivity index (χ4n) is 2.95. The lowest BCUT2D eigenvalue weighted by Crippen LogP contribution is -2.67. The first-order chi connectivity index (χ1) is 12.4. The summed E-state index contributed by atoms with van der Waals surface area (Å²) in [6.07, 6.45) is -21.1. The normalized spacial score (nSPS) is 49.2. The van der Waals surface area contributed by atoms with E-state index in [0.29, 0.717) is 0 Å². The molecule has 10 N–H and O–H groups in total. The molecule has 0 spiro atoms. The van der Waals surface area contributed by atoms with Gasteiger partial charge in [0.2, 0.25) is 0 Å². The summed E-state index contributed by atoms with van der Waals surface area (Å²) in [5.41, 5.74) is 0. The number of aliphatic hydroxyl groups excluding tert-OH is 8. The summed E-state index contributed by atoms with van der Waals surface area (Å²) >= 11 is 0. The quantitative estimate of drug-likeness (QED) is 0.185. The van der Waals surface area contributed by atoms with Gasteiger partial charge < -0.3 is 60.1 Å². The van der Waals surface area contributed by atoms with E-state index in [1.165, 1.54) is 0 Å². The van der Waals surface area contributed by atoms with Crippen molar-refractivity contribution in [3.05, 3.63) is 0 Å². The zero-order valence-corrected chi connectivity index (χ0v) is 14.5. The van der Waals surface area contributed by atoms with E-state index in [1.807, 2.05) is 0 Å². The van der Waals surface area contributed by atoms with Gasteiger partial charge in [0.15, 0.2) is 6.29 Å². The standard InChI is InChI=1S/C12H23O14P/c13-1-2-3(14)4(15)9(20)12(24-2)25-10-7(18)5(16)6(17)8(19)11(10)26-27(21,22)23/h2-20H,1H2,(H2,21,22,23)/t2-,3-,4+,5-,6-,7+,8-,9+,10-,11-,12?/m1/s1. The lowest BCUT2D eigenvalue weighted by molar-refractivity contribution is -0.338. The van der Waals surface area contributed by atoms with Gasteiger partial charge in [0.25, 0.3) is 0 Å². The Bertz CT molecular complexity index is 540. The Hall–Kier alpha value is -0.290. The van der Waals surface area contributed by atoms with Crippen molar-refractivity contribution >= 4 is 7.82 Å². The number of ether oxygens (including phenoxy) is 2. The molecule has 0 bridgehead atoms. The molecule has 14 nitrogen and oxygen atoms in total. The molecule has 1 aliphatic carbocycles. The van der Waals surface area contributed by atoms with Gasteiger partial charge in [-0.3, -0.25) is 4.52 Å². The molecular formula is C12H23O14P. The first-order valence-electron chi connectivity index (χ1n) is 7.81. The molecule has 27 heavy (non-hydrogen) atoms. The van der Waals surface area contributed by atoms with Crippen molar-refractivity contribution in [3.63, 3.8) is 0 Å². The molecule has 1 saturated carbocycles. The lowest BCUT2D eigenvalue weighted by Gasteiger charge is -2.46. The van der Waals surface area contributed by atoms with Crippen LogP contribution in [0.3, 0.4) is 0 Å². The third-order valence-corrected chi connectivity index (χ3v) is 4.96. The zero-order valence-electron chi connectivity index (χ0n) is 13.6. The molecular weight excluding hydrogens is 399 g/mol. The van der Waals surface area contributed by atoms with E-state index in [9.17, 15) is 40.3 Å². The maximum Gasteiger partial charge on any atom is 0.470 e. The number of hydrogen-bond acceptors (Lipinski definition) is 12.